The third-order valence-corrected chi connectivity index (χ3v) is 4.50. The predicted molar refractivity (Wildman–Crippen MR) is 63.2 cm³/mol. The Hall–Kier alpha value is -1.06. The molecule has 1 aliphatic heterocycles. The largest absolute Gasteiger partial charge is 0.340 e. The molecule has 17 heavy (non-hydrogen) atoms. The van der Waals surface area contributed by atoms with Crippen molar-refractivity contribution in [3.8, 4) is 0 Å². The second-order valence-corrected chi connectivity index (χ2v) is 5.65. The number of rotatable bonds is 2. The van der Waals surface area contributed by atoms with Gasteiger partial charge in [-0.2, -0.15) is 0 Å². The molecule has 3 rings (SSSR count). The summed E-state index contributed by atoms with van der Waals surface area (Å²) >= 11 is 0. The van der Waals surface area contributed by atoms with Crippen LogP contribution in [-0.2, 0) is 9.59 Å². The SMILES string of the molecule is CCN1C(=O)C2(CCCC2)NC(=O)C1C1CC1. The van der Waals surface area contributed by atoms with Gasteiger partial charge in [0.1, 0.15) is 11.6 Å². The molecule has 3 fully saturated rings. The van der Waals surface area contributed by atoms with Crippen molar-refractivity contribution in [2.24, 2.45) is 5.92 Å². The Balaban J connectivity index is 1.89. The molecule has 0 aromatic heterocycles. The zero-order chi connectivity index (χ0) is 12.0. The van der Waals surface area contributed by atoms with Crippen molar-refractivity contribution < 1.29 is 9.59 Å². The molecular weight excluding hydrogens is 216 g/mol. The minimum Gasteiger partial charge on any atom is -0.340 e. The van der Waals surface area contributed by atoms with Crippen molar-refractivity contribution in [2.75, 3.05) is 6.54 Å². The highest BCUT2D eigenvalue weighted by atomic mass is 16.2. The normalized spacial score (nSPS) is 32.1. The predicted octanol–water partition coefficient (Wildman–Crippen LogP) is 1.06. The molecule has 0 aromatic rings. The first-order valence-corrected chi connectivity index (χ1v) is 6.81. The van der Waals surface area contributed by atoms with Gasteiger partial charge in [0.05, 0.1) is 0 Å². The van der Waals surface area contributed by atoms with Crippen LogP contribution >= 0.6 is 0 Å². The van der Waals surface area contributed by atoms with Gasteiger partial charge in [0.15, 0.2) is 0 Å². The van der Waals surface area contributed by atoms with Gasteiger partial charge in [-0.3, -0.25) is 9.59 Å². The summed E-state index contributed by atoms with van der Waals surface area (Å²) in [7, 11) is 0. The Morgan fingerprint density at radius 3 is 2.47 bits per heavy atom. The van der Waals surface area contributed by atoms with Crippen LogP contribution in [0.3, 0.4) is 0 Å². The quantitative estimate of drug-likeness (QED) is 0.779. The lowest BCUT2D eigenvalue weighted by atomic mass is 9.89. The van der Waals surface area contributed by atoms with E-state index in [1.54, 1.807) is 0 Å². The molecule has 0 aromatic carbocycles. The summed E-state index contributed by atoms with van der Waals surface area (Å²) in [5, 5.41) is 3.05. The number of piperazine rings is 1. The van der Waals surface area contributed by atoms with Gasteiger partial charge in [-0.15, -0.1) is 0 Å². The van der Waals surface area contributed by atoms with Crippen LogP contribution in [0.4, 0.5) is 0 Å². The van der Waals surface area contributed by atoms with E-state index in [9.17, 15) is 9.59 Å². The number of likely N-dealkylation sites (N-methyl/N-ethyl adjacent to an activating group) is 1. The molecule has 0 radical (unpaired) electrons. The molecule has 94 valence electrons. The van der Waals surface area contributed by atoms with E-state index in [4.69, 9.17) is 0 Å². The number of nitrogens with one attached hydrogen (secondary N) is 1. The number of nitrogens with zero attached hydrogens (tertiary/aromatic N) is 1. The zero-order valence-electron chi connectivity index (χ0n) is 10.4. The minimum atomic E-state index is -0.543. The van der Waals surface area contributed by atoms with Crippen molar-refractivity contribution in [1.29, 1.82) is 0 Å². The van der Waals surface area contributed by atoms with Crippen LogP contribution in [0.1, 0.15) is 45.4 Å². The Morgan fingerprint density at radius 2 is 1.94 bits per heavy atom. The lowest BCUT2D eigenvalue weighted by Gasteiger charge is -2.44. The Bertz CT molecular complexity index is 356. The summed E-state index contributed by atoms with van der Waals surface area (Å²) in [6.07, 6.45) is 5.94. The Kier molecular flexibility index (Phi) is 2.42. The van der Waals surface area contributed by atoms with Crippen LogP contribution in [0.2, 0.25) is 0 Å². The van der Waals surface area contributed by atoms with Gasteiger partial charge in [-0.1, -0.05) is 12.8 Å². The maximum Gasteiger partial charge on any atom is 0.249 e. The van der Waals surface area contributed by atoms with Gasteiger partial charge in [-0.05, 0) is 38.5 Å². The first-order valence-electron chi connectivity index (χ1n) is 6.81. The average molecular weight is 236 g/mol. The summed E-state index contributed by atoms with van der Waals surface area (Å²) in [6.45, 7) is 2.64. The summed E-state index contributed by atoms with van der Waals surface area (Å²) in [6, 6.07) is -0.182. The van der Waals surface area contributed by atoms with E-state index in [2.05, 4.69) is 5.32 Å². The average Bonchev–Trinajstić information content (AvgIpc) is 3.04. The van der Waals surface area contributed by atoms with Gasteiger partial charge in [0.2, 0.25) is 11.8 Å². The minimum absolute atomic E-state index is 0.0934. The number of carbonyl (C=O) groups is 2. The van der Waals surface area contributed by atoms with Gasteiger partial charge in [0.25, 0.3) is 0 Å². The number of hydrogen-bond donors (Lipinski definition) is 1. The molecular formula is C13H20N2O2. The van der Waals surface area contributed by atoms with Gasteiger partial charge in [-0.25, -0.2) is 0 Å². The van der Waals surface area contributed by atoms with E-state index in [0.29, 0.717) is 12.5 Å². The van der Waals surface area contributed by atoms with Gasteiger partial charge < -0.3 is 10.2 Å². The van der Waals surface area contributed by atoms with E-state index in [-0.39, 0.29) is 17.9 Å². The zero-order valence-corrected chi connectivity index (χ0v) is 10.4. The van der Waals surface area contributed by atoms with E-state index in [0.717, 1.165) is 38.5 Å². The van der Waals surface area contributed by atoms with Gasteiger partial charge in [0, 0.05) is 6.54 Å². The molecule has 3 aliphatic rings. The van der Waals surface area contributed by atoms with E-state index < -0.39 is 5.54 Å². The van der Waals surface area contributed by atoms with E-state index in [1.807, 2.05) is 11.8 Å². The molecule has 1 N–H and O–H groups in total. The van der Waals surface area contributed by atoms with Crippen molar-refractivity contribution >= 4 is 11.8 Å². The monoisotopic (exact) mass is 236 g/mol. The Labute approximate surface area is 102 Å². The lowest BCUT2D eigenvalue weighted by molar-refractivity contribution is -0.155. The van der Waals surface area contributed by atoms with Crippen LogP contribution in [0.25, 0.3) is 0 Å². The van der Waals surface area contributed by atoms with Crippen LogP contribution in [-0.4, -0.2) is 34.8 Å². The highest BCUT2D eigenvalue weighted by Gasteiger charge is 2.54. The number of carbonyl (C=O) groups excluding carboxylic acids is 2. The number of hydrogen-bond acceptors (Lipinski definition) is 2. The van der Waals surface area contributed by atoms with Crippen molar-refractivity contribution in [3.63, 3.8) is 0 Å². The smallest absolute Gasteiger partial charge is 0.249 e. The van der Waals surface area contributed by atoms with Crippen LogP contribution in [0.5, 0.6) is 0 Å². The molecule has 2 amide bonds. The third kappa shape index (κ3) is 1.57. The fourth-order valence-corrected chi connectivity index (χ4v) is 3.44. The standard InChI is InChI=1S/C13H20N2O2/c1-2-15-10(9-5-6-9)11(16)14-13(12(15)17)7-3-4-8-13/h9-10H,2-8H2,1H3,(H,14,16). The fraction of sp³-hybridized carbons (Fsp3) is 0.846. The van der Waals surface area contributed by atoms with Gasteiger partial charge >= 0.3 is 0 Å². The molecule has 1 atom stereocenters. The van der Waals surface area contributed by atoms with Crippen LogP contribution in [0, 0.1) is 5.92 Å². The van der Waals surface area contributed by atoms with Crippen molar-refractivity contribution in [2.45, 2.75) is 57.0 Å². The first-order chi connectivity index (χ1) is 8.18. The molecule has 0 bridgehead atoms. The molecule has 1 saturated heterocycles. The van der Waals surface area contributed by atoms with Crippen LogP contribution < -0.4 is 5.32 Å². The molecule has 1 spiro atoms. The third-order valence-electron chi connectivity index (χ3n) is 4.50. The maximum atomic E-state index is 12.6. The molecule has 4 heteroatoms. The van der Waals surface area contributed by atoms with E-state index in [1.165, 1.54) is 0 Å². The van der Waals surface area contributed by atoms with Crippen molar-refractivity contribution in [3.05, 3.63) is 0 Å². The first kappa shape index (κ1) is 11.1. The summed E-state index contributed by atoms with van der Waals surface area (Å²) in [5.74, 6) is 0.683. The highest BCUT2D eigenvalue weighted by Crippen LogP contribution is 2.41. The second-order valence-electron chi connectivity index (χ2n) is 5.65. The fourth-order valence-electron chi connectivity index (χ4n) is 3.44. The Morgan fingerprint density at radius 1 is 1.29 bits per heavy atom. The highest BCUT2D eigenvalue weighted by molar-refractivity contribution is 6.00. The molecule has 2 saturated carbocycles. The van der Waals surface area contributed by atoms with E-state index >= 15 is 0 Å². The maximum absolute atomic E-state index is 12.6. The topological polar surface area (TPSA) is 49.4 Å². The summed E-state index contributed by atoms with van der Waals surface area (Å²) in [5.41, 5.74) is -0.543. The second kappa shape index (κ2) is 3.72. The summed E-state index contributed by atoms with van der Waals surface area (Å²) < 4.78 is 0. The molecule has 1 unspecified atom stereocenters. The van der Waals surface area contributed by atoms with Crippen LogP contribution in [0.15, 0.2) is 0 Å². The lowest BCUT2D eigenvalue weighted by Crippen LogP contribution is -2.69. The number of amides is 2. The molecule has 4 nitrogen and oxygen atoms in total. The molecule has 2 aliphatic carbocycles. The summed E-state index contributed by atoms with van der Waals surface area (Å²) in [4.78, 5) is 26.7. The van der Waals surface area contributed by atoms with Crippen molar-refractivity contribution in [1.82, 2.24) is 10.2 Å². The molecule has 1 heterocycles.